The molecule has 2 bridgehead atoms. The molecule has 128 valence electrons. The van der Waals surface area contributed by atoms with Gasteiger partial charge in [-0.1, -0.05) is 35.9 Å². The minimum Gasteiger partial charge on any atom is -0.347 e. The second kappa shape index (κ2) is 6.52. The summed E-state index contributed by atoms with van der Waals surface area (Å²) in [6, 6.07) is 16.3. The number of hydrogen-bond donors (Lipinski definition) is 1. The van der Waals surface area contributed by atoms with Gasteiger partial charge in [-0.25, -0.2) is 0 Å². The Bertz CT molecular complexity index is 808. The van der Waals surface area contributed by atoms with Gasteiger partial charge in [0.25, 0.3) is 11.8 Å². The smallest absolute Gasteiger partial charge is 0.254 e. The number of fused-ring (bicyclic) bond motifs is 2. The van der Waals surface area contributed by atoms with Crippen LogP contribution in [0.15, 0.2) is 54.6 Å². The van der Waals surface area contributed by atoms with Gasteiger partial charge in [-0.05, 0) is 49.1 Å². The summed E-state index contributed by atoms with van der Waals surface area (Å²) in [5, 5.41) is 3.67. The molecule has 1 heterocycles. The quantitative estimate of drug-likeness (QED) is 0.918. The van der Waals surface area contributed by atoms with Gasteiger partial charge in [0.15, 0.2) is 0 Å². The van der Waals surface area contributed by atoms with Gasteiger partial charge in [0.2, 0.25) is 0 Å². The Morgan fingerprint density at radius 2 is 1.76 bits per heavy atom. The van der Waals surface area contributed by atoms with Crippen LogP contribution in [0.4, 0.5) is 0 Å². The first-order chi connectivity index (χ1) is 12.1. The van der Waals surface area contributed by atoms with Gasteiger partial charge >= 0.3 is 0 Å². The van der Waals surface area contributed by atoms with E-state index in [0.29, 0.717) is 22.1 Å². The highest BCUT2D eigenvalue weighted by molar-refractivity contribution is 6.30. The van der Waals surface area contributed by atoms with Crippen molar-refractivity contribution in [3.8, 4) is 0 Å². The molecule has 2 aliphatic rings. The highest BCUT2D eigenvalue weighted by atomic mass is 35.5. The van der Waals surface area contributed by atoms with Crippen molar-refractivity contribution in [2.24, 2.45) is 5.92 Å². The van der Waals surface area contributed by atoms with Crippen LogP contribution in [0.1, 0.15) is 33.6 Å². The lowest BCUT2D eigenvalue weighted by Gasteiger charge is -2.33. The molecule has 4 rings (SSSR count). The topological polar surface area (TPSA) is 49.4 Å². The molecule has 0 aromatic heterocycles. The lowest BCUT2D eigenvalue weighted by atomic mass is 10.0. The van der Waals surface area contributed by atoms with Crippen LogP contribution in [-0.4, -0.2) is 35.3 Å². The predicted molar refractivity (Wildman–Crippen MR) is 96.7 cm³/mol. The Labute approximate surface area is 151 Å². The number of nitrogens with zero attached hydrogens (tertiary/aromatic N) is 1. The normalized spacial score (nSPS) is 24.4. The number of piperidine rings is 1. The average molecular weight is 355 g/mol. The van der Waals surface area contributed by atoms with Crippen LogP contribution in [0.2, 0.25) is 5.02 Å². The van der Waals surface area contributed by atoms with Gasteiger partial charge < -0.3 is 10.2 Å². The second-order valence-electron chi connectivity index (χ2n) is 6.82. The van der Waals surface area contributed by atoms with E-state index in [1.54, 1.807) is 36.4 Å². The zero-order valence-corrected chi connectivity index (χ0v) is 14.4. The molecule has 4 nitrogen and oxygen atoms in total. The molecule has 2 fully saturated rings. The third-order valence-corrected chi connectivity index (χ3v) is 5.40. The molecular formula is C20H19ClN2O2. The van der Waals surface area contributed by atoms with Gasteiger partial charge in [0.1, 0.15) is 0 Å². The van der Waals surface area contributed by atoms with Gasteiger partial charge in [0, 0.05) is 28.7 Å². The standard InChI is InChI=1S/C20H19ClN2O2/c21-16-8-4-7-15(11-16)20(25)23-12-13-9-17(18(23)10-13)22-19(24)14-5-2-1-3-6-14/h1-8,11,13,17-18H,9-10,12H2,(H,22,24). The molecular weight excluding hydrogens is 336 g/mol. The van der Waals surface area contributed by atoms with Crippen molar-refractivity contribution < 1.29 is 9.59 Å². The number of benzene rings is 2. The summed E-state index contributed by atoms with van der Waals surface area (Å²) < 4.78 is 0. The van der Waals surface area contributed by atoms with E-state index < -0.39 is 0 Å². The predicted octanol–water partition coefficient (Wildman–Crippen LogP) is 3.37. The summed E-state index contributed by atoms with van der Waals surface area (Å²) in [4.78, 5) is 27.2. The number of rotatable bonds is 3. The summed E-state index contributed by atoms with van der Waals surface area (Å²) in [6.45, 7) is 0.758. The zero-order chi connectivity index (χ0) is 17.4. The Morgan fingerprint density at radius 3 is 2.48 bits per heavy atom. The molecule has 3 unspecified atom stereocenters. The van der Waals surface area contributed by atoms with Crippen molar-refractivity contribution in [3.05, 3.63) is 70.7 Å². The number of halogens is 1. The molecule has 1 saturated carbocycles. The van der Waals surface area contributed by atoms with Crippen LogP contribution >= 0.6 is 11.6 Å². The van der Waals surface area contributed by atoms with Crippen LogP contribution in [0, 0.1) is 5.92 Å². The Morgan fingerprint density at radius 1 is 1.00 bits per heavy atom. The SMILES string of the molecule is O=C(NC1CC2CC1N(C(=O)c1cccc(Cl)c1)C2)c1ccccc1. The molecule has 1 aliphatic carbocycles. The van der Waals surface area contributed by atoms with E-state index in [4.69, 9.17) is 11.6 Å². The van der Waals surface area contributed by atoms with Crippen LogP contribution < -0.4 is 5.32 Å². The lowest BCUT2D eigenvalue weighted by Crippen LogP contribution is -2.51. The maximum absolute atomic E-state index is 12.8. The number of carbonyl (C=O) groups is 2. The van der Waals surface area contributed by atoms with E-state index >= 15 is 0 Å². The average Bonchev–Trinajstić information content (AvgIpc) is 3.22. The van der Waals surface area contributed by atoms with Crippen molar-refractivity contribution in [2.75, 3.05) is 6.54 Å². The molecule has 1 N–H and O–H groups in total. The number of likely N-dealkylation sites (tertiary alicyclic amines) is 1. The summed E-state index contributed by atoms with van der Waals surface area (Å²) in [7, 11) is 0. The molecule has 0 spiro atoms. The van der Waals surface area contributed by atoms with Crippen molar-refractivity contribution in [1.82, 2.24) is 10.2 Å². The molecule has 1 aliphatic heterocycles. The van der Waals surface area contributed by atoms with Crippen molar-refractivity contribution in [1.29, 1.82) is 0 Å². The number of amides is 2. The first-order valence-corrected chi connectivity index (χ1v) is 8.92. The van der Waals surface area contributed by atoms with Gasteiger partial charge in [-0.3, -0.25) is 9.59 Å². The van der Waals surface area contributed by atoms with E-state index in [1.807, 2.05) is 23.1 Å². The minimum atomic E-state index is -0.0756. The molecule has 1 saturated heterocycles. The third kappa shape index (κ3) is 3.14. The minimum absolute atomic E-state index is 0.00587. The maximum Gasteiger partial charge on any atom is 0.254 e. The maximum atomic E-state index is 12.8. The third-order valence-electron chi connectivity index (χ3n) is 5.17. The molecule has 2 aromatic carbocycles. The Hall–Kier alpha value is -2.33. The van der Waals surface area contributed by atoms with Crippen molar-refractivity contribution in [3.63, 3.8) is 0 Å². The summed E-state index contributed by atoms with van der Waals surface area (Å²) in [5.41, 5.74) is 1.26. The van der Waals surface area contributed by atoms with Crippen LogP contribution in [0.5, 0.6) is 0 Å². The van der Waals surface area contributed by atoms with E-state index in [-0.39, 0.29) is 23.9 Å². The van der Waals surface area contributed by atoms with Crippen molar-refractivity contribution in [2.45, 2.75) is 24.9 Å². The molecule has 2 amide bonds. The first kappa shape index (κ1) is 16.2. The number of nitrogens with one attached hydrogen (secondary N) is 1. The first-order valence-electron chi connectivity index (χ1n) is 8.54. The summed E-state index contributed by atoms with van der Waals surface area (Å²) >= 11 is 6.01. The Kier molecular flexibility index (Phi) is 4.22. The van der Waals surface area contributed by atoms with Crippen LogP contribution in [-0.2, 0) is 0 Å². The second-order valence-corrected chi connectivity index (χ2v) is 7.26. The zero-order valence-electron chi connectivity index (χ0n) is 13.7. The highest BCUT2D eigenvalue weighted by Gasteiger charge is 2.47. The van der Waals surface area contributed by atoms with Crippen LogP contribution in [0.3, 0.4) is 0 Å². The van der Waals surface area contributed by atoms with Gasteiger partial charge in [0.05, 0.1) is 6.04 Å². The largest absolute Gasteiger partial charge is 0.347 e. The molecule has 0 radical (unpaired) electrons. The number of hydrogen-bond acceptors (Lipinski definition) is 2. The molecule has 5 heteroatoms. The van der Waals surface area contributed by atoms with E-state index in [0.717, 1.165) is 19.4 Å². The molecule has 3 atom stereocenters. The molecule has 2 aromatic rings. The molecule has 25 heavy (non-hydrogen) atoms. The lowest BCUT2D eigenvalue weighted by molar-refractivity contribution is 0.0648. The van der Waals surface area contributed by atoms with Gasteiger partial charge in [-0.2, -0.15) is 0 Å². The fourth-order valence-corrected chi connectivity index (χ4v) is 4.23. The van der Waals surface area contributed by atoms with Gasteiger partial charge in [-0.15, -0.1) is 0 Å². The highest BCUT2D eigenvalue weighted by Crippen LogP contribution is 2.38. The summed E-state index contributed by atoms with van der Waals surface area (Å²) in [6.07, 6.45) is 1.88. The van der Waals surface area contributed by atoms with E-state index in [1.165, 1.54) is 0 Å². The van der Waals surface area contributed by atoms with E-state index in [2.05, 4.69) is 5.32 Å². The fourth-order valence-electron chi connectivity index (χ4n) is 4.04. The van der Waals surface area contributed by atoms with E-state index in [9.17, 15) is 9.59 Å². The summed E-state index contributed by atoms with van der Waals surface area (Å²) in [5.74, 6) is 0.371. The van der Waals surface area contributed by atoms with Crippen molar-refractivity contribution >= 4 is 23.4 Å². The Balaban J connectivity index is 1.48. The number of carbonyl (C=O) groups excluding carboxylic acids is 2. The van der Waals surface area contributed by atoms with Crippen LogP contribution in [0.25, 0.3) is 0 Å². The fraction of sp³-hybridized carbons (Fsp3) is 0.300. The monoisotopic (exact) mass is 354 g/mol.